The summed E-state index contributed by atoms with van der Waals surface area (Å²) in [6.07, 6.45) is 0. The molecule has 0 aliphatic rings. The molecule has 0 radical (unpaired) electrons. The van der Waals surface area contributed by atoms with Crippen molar-refractivity contribution in [2.45, 2.75) is 6.36 Å². The second-order valence-corrected chi connectivity index (χ2v) is 14.1. The number of halogens is 4. The van der Waals surface area contributed by atoms with Gasteiger partial charge in [-0.25, -0.2) is 0 Å². The molecule has 0 unspecified atom stereocenters. The van der Waals surface area contributed by atoms with Gasteiger partial charge in [0.25, 0.3) is 0 Å². The highest BCUT2D eigenvalue weighted by Crippen LogP contribution is 2.33. The fraction of sp³-hybridized carbons (Fsp3) is 1.00. The maximum absolute atomic E-state index is 7.49. The Hall–Kier alpha value is 2.63. The second-order valence-electron chi connectivity index (χ2n) is 0.901. The van der Waals surface area contributed by atoms with Crippen LogP contribution in [0.15, 0.2) is 0 Å². The first-order chi connectivity index (χ1) is 3.41. The molecule has 8 heavy (non-hydrogen) atoms. The topological polar surface area (TPSA) is 20.2 Å². The minimum Gasteiger partial charge on any atom is -0.385 e. The fourth-order valence-corrected chi connectivity index (χ4v) is 0. The molecule has 0 rings (SSSR count). The maximum atomic E-state index is 7.49. The largest absolute Gasteiger partial charge is 0.385 e. The van der Waals surface area contributed by atoms with E-state index in [-0.39, 0.29) is 5.52 Å². The first-order valence-corrected chi connectivity index (χ1v) is 6.01. The Morgan fingerprint density at radius 3 is 1.50 bits per heavy atom. The fourth-order valence-electron chi connectivity index (χ4n) is 0. The summed E-state index contributed by atoms with van der Waals surface area (Å²) in [6, 6.07) is 0. The van der Waals surface area contributed by atoms with E-state index in [9.17, 15) is 0 Å². The molecule has 0 aromatic rings. The van der Waals surface area contributed by atoms with Crippen LogP contribution in [0.2, 0.25) is 0 Å². The van der Waals surface area contributed by atoms with Gasteiger partial charge >= 0.3 is 0 Å². The predicted molar refractivity (Wildman–Crippen MR) is 66.5 cm³/mol. The van der Waals surface area contributed by atoms with E-state index < -0.39 is 0 Å². The van der Waals surface area contributed by atoms with Crippen LogP contribution in [0.1, 0.15) is 6.92 Å². The summed E-state index contributed by atoms with van der Waals surface area (Å²) in [5.74, 6) is 0. The van der Waals surface area contributed by atoms with Gasteiger partial charge in [-0.1, -0.05) is 83.7 Å². The van der Waals surface area contributed by atoms with Gasteiger partial charge in [-0.2, -0.15) is 0 Å². The summed E-state index contributed by atoms with van der Waals surface area (Å²) in [5.41, 5.74) is 0.0625. The highest BCUT2D eigenvalue weighted by atomic mass is 127. The van der Waals surface area contributed by atoms with Gasteiger partial charge < -0.3 is 5.11 Å². The molecule has 1 nitrogen and oxygen atoms in total. The number of rotatable bonds is 0. The third kappa shape index (κ3) is 72.6. The molecule has 0 saturated carbocycles. The molecule has 0 amide bonds. The van der Waals surface area contributed by atoms with Crippen LogP contribution in [-0.2, 0) is 0 Å². The lowest BCUT2D eigenvalue weighted by Crippen LogP contribution is -1.82. The van der Waals surface area contributed by atoms with Crippen LogP contribution in [0.5, 0.6) is 0 Å². The zero-order valence-electron chi connectivity index (χ0n) is 4.17. The second kappa shape index (κ2) is 7.73. The van der Waals surface area contributed by atoms with E-state index in [0.29, 0.717) is -0.565 Å². The maximum Gasteiger partial charge on any atom is 0.121 e. The normalized spacial score (nSPS) is 9.75. The molecule has 0 fully saturated rings. The highest BCUT2D eigenvalue weighted by Gasteiger charge is 2.04. The number of hydrogen-bond acceptors (Lipinski definition) is 1. The van der Waals surface area contributed by atoms with Crippen LogP contribution in [0.3, 0.4) is 0 Å². The van der Waals surface area contributed by atoms with Gasteiger partial charge in [-0.15, -0.1) is 0 Å². The number of aliphatic hydroxyl groups excluding tert-OH is 1. The molecule has 0 aliphatic carbocycles. The van der Waals surface area contributed by atoms with E-state index in [1.165, 1.54) is 0 Å². The van der Waals surface area contributed by atoms with E-state index in [0.717, 1.165) is 0 Å². The summed E-state index contributed by atoms with van der Waals surface area (Å²) < 4.78 is 0.410. The summed E-state index contributed by atoms with van der Waals surface area (Å²) >= 11 is 9.75. The van der Waals surface area contributed by atoms with Crippen molar-refractivity contribution in [3.8, 4) is 0 Å². The molecular formula is C3H6BrI3O. The summed E-state index contributed by atoms with van der Waals surface area (Å²) in [7, 11) is 0. The Morgan fingerprint density at radius 1 is 1.50 bits per heavy atom. The third-order valence-corrected chi connectivity index (χ3v) is 0. The van der Waals surface area contributed by atoms with Crippen molar-refractivity contribution in [3.05, 3.63) is 0 Å². The minimum atomic E-state index is 0.0625. The number of hydrogen-bond donors (Lipinski definition) is 1. The van der Waals surface area contributed by atoms with Crippen LogP contribution in [0.4, 0.5) is 0 Å². The van der Waals surface area contributed by atoms with E-state index in [1.54, 1.807) is 0 Å². The molecule has 0 aromatic heterocycles. The van der Waals surface area contributed by atoms with E-state index >= 15 is 0 Å². The Balaban J connectivity index is 0. The SMILES string of the molecule is CC(I)(I)I.OCBr. The van der Waals surface area contributed by atoms with Crippen LogP contribution in [0.25, 0.3) is 0 Å². The summed E-state index contributed by atoms with van der Waals surface area (Å²) in [6.45, 7) is 2.15. The lowest BCUT2D eigenvalue weighted by Gasteiger charge is -1.96. The minimum absolute atomic E-state index is 0.0625. The Morgan fingerprint density at radius 2 is 1.50 bits per heavy atom. The van der Waals surface area contributed by atoms with Crippen LogP contribution < -0.4 is 0 Å². The van der Waals surface area contributed by atoms with Gasteiger partial charge in [0.2, 0.25) is 0 Å². The molecule has 0 spiro atoms. The smallest absolute Gasteiger partial charge is 0.121 e. The molecule has 5 heteroatoms. The first-order valence-electron chi connectivity index (χ1n) is 1.65. The zero-order chi connectivity index (χ0) is 7.21. The molecule has 0 saturated heterocycles. The van der Waals surface area contributed by atoms with Crippen LogP contribution in [0, 0.1) is 0 Å². The van der Waals surface area contributed by atoms with E-state index in [1.807, 2.05) is 0 Å². The molecule has 0 heterocycles. The van der Waals surface area contributed by atoms with Gasteiger partial charge in [0.15, 0.2) is 0 Å². The monoisotopic (exact) mass is 518 g/mol. The van der Waals surface area contributed by atoms with Crippen molar-refractivity contribution in [1.82, 2.24) is 0 Å². The molecule has 52 valence electrons. The summed E-state index contributed by atoms with van der Waals surface area (Å²) in [5, 5.41) is 7.49. The number of aliphatic hydroxyl groups is 1. The molecule has 0 atom stereocenters. The molecule has 0 aliphatic heterocycles. The zero-order valence-corrected chi connectivity index (χ0v) is 12.2. The van der Waals surface area contributed by atoms with Gasteiger partial charge in [-0.3, -0.25) is 0 Å². The average Bonchev–Trinajstić information content (AvgIpc) is 1.27. The average molecular weight is 519 g/mol. The standard InChI is InChI=1S/C2H3I3.CH3BrO/c1-2(3,4)5;2-1-3/h1H3;3H,1H2. The highest BCUT2D eigenvalue weighted by molar-refractivity contribution is 14.3. The molecular weight excluding hydrogens is 513 g/mol. The van der Waals surface area contributed by atoms with Crippen molar-refractivity contribution >= 4 is 83.7 Å². The summed E-state index contributed by atoms with van der Waals surface area (Å²) in [4.78, 5) is 0. The lowest BCUT2D eigenvalue weighted by atomic mass is 11.0. The van der Waals surface area contributed by atoms with Gasteiger partial charge in [-0.05, 0) is 6.92 Å². The van der Waals surface area contributed by atoms with Crippen molar-refractivity contribution in [1.29, 1.82) is 0 Å². The molecule has 1 N–H and O–H groups in total. The Kier molecular flexibility index (Phi) is 12.8. The number of alkyl halides is 4. The van der Waals surface area contributed by atoms with Gasteiger partial charge in [0.05, 0.1) is 5.52 Å². The Labute approximate surface area is 98.9 Å². The van der Waals surface area contributed by atoms with Crippen molar-refractivity contribution in [2.75, 3.05) is 5.52 Å². The predicted octanol–water partition coefficient (Wildman–Crippen LogP) is 3.30. The lowest BCUT2D eigenvalue weighted by molar-refractivity contribution is 0.381. The van der Waals surface area contributed by atoms with Crippen LogP contribution >= 0.6 is 83.7 Å². The molecule has 0 aromatic carbocycles. The quantitative estimate of drug-likeness (QED) is 0.386. The van der Waals surface area contributed by atoms with E-state index in [2.05, 4.69) is 90.6 Å². The van der Waals surface area contributed by atoms with Crippen molar-refractivity contribution in [3.63, 3.8) is 0 Å². The third-order valence-electron chi connectivity index (χ3n) is 0. The first kappa shape index (κ1) is 13.2. The molecule has 0 bridgehead atoms. The Bertz CT molecular complexity index is 38.3. The van der Waals surface area contributed by atoms with Crippen molar-refractivity contribution in [2.24, 2.45) is 0 Å². The van der Waals surface area contributed by atoms with Gasteiger partial charge in [0, 0.05) is 0 Å². The van der Waals surface area contributed by atoms with E-state index in [4.69, 9.17) is 5.11 Å². The van der Waals surface area contributed by atoms with Gasteiger partial charge in [0.1, 0.15) is -0.565 Å². The van der Waals surface area contributed by atoms with Crippen LogP contribution in [-0.4, -0.2) is 10.1 Å². The van der Waals surface area contributed by atoms with Crippen molar-refractivity contribution < 1.29 is 5.11 Å².